The third-order valence-electron chi connectivity index (χ3n) is 7.86. The fraction of sp³-hybridized carbons (Fsp3) is 0.306. The summed E-state index contributed by atoms with van der Waals surface area (Å²) in [7, 11) is 0. The summed E-state index contributed by atoms with van der Waals surface area (Å²) >= 11 is 1.40. The molecule has 0 aliphatic carbocycles. The highest BCUT2D eigenvalue weighted by molar-refractivity contribution is 7.14. The molecule has 2 N–H and O–H groups in total. The third-order valence-corrected chi connectivity index (χ3v) is 9.37. The zero-order valence-electron chi connectivity index (χ0n) is 26.0. The standard InChI is InChI=1S/C36H38N4O4S/c1-23-7-9-24(10-8-23)11-12-26-21-37-32(38-22-26)27-15-13-25(14-16-27)20-28(34(42)40-19-5-6-29(40)35(43)44)39-33(41)30-17-18-31(45-30)36(2,3)4/h7-18,21-22,28-29H,5-6,19-20H2,1-4H3,(H,39,41)(H,43,44)/b12-11+/t28-,29-/m0/s1. The minimum Gasteiger partial charge on any atom is -0.480 e. The molecular weight excluding hydrogens is 584 g/mol. The number of benzene rings is 2. The first-order valence-electron chi connectivity index (χ1n) is 15.1. The molecule has 0 unspecified atom stereocenters. The van der Waals surface area contributed by atoms with Crippen LogP contribution in [-0.2, 0) is 21.4 Å². The predicted octanol–water partition coefficient (Wildman–Crippen LogP) is 6.40. The van der Waals surface area contributed by atoms with Gasteiger partial charge in [-0.05, 0) is 48.4 Å². The van der Waals surface area contributed by atoms with Gasteiger partial charge < -0.3 is 15.3 Å². The highest BCUT2D eigenvalue weighted by atomic mass is 32.1. The number of carbonyl (C=O) groups is 3. The predicted molar refractivity (Wildman–Crippen MR) is 178 cm³/mol. The van der Waals surface area contributed by atoms with Crippen LogP contribution in [0.3, 0.4) is 0 Å². The lowest BCUT2D eigenvalue weighted by atomic mass is 9.95. The minimum absolute atomic E-state index is 0.105. The van der Waals surface area contributed by atoms with Crippen LogP contribution in [0, 0.1) is 6.92 Å². The van der Waals surface area contributed by atoms with E-state index in [4.69, 9.17) is 0 Å². The maximum absolute atomic E-state index is 13.7. The number of carboxylic acids is 1. The van der Waals surface area contributed by atoms with Gasteiger partial charge in [-0.2, -0.15) is 0 Å². The topological polar surface area (TPSA) is 112 Å². The molecule has 0 saturated carbocycles. The summed E-state index contributed by atoms with van der Waals surface area (Å²) in [6, 6.07) is 17.7. The SMILES string of the molecule is Cc1ccc(/C=C/c2cnc(-c3ccc(C[C@H](NC(=O)c4ccc(C(C)(C)C)s4)C(=O)N4CCC[C@H]4C(=O)O)cc3)nc2)cc1. The Morgan fingerprint density at radius 3 is 2.27 bits per heavy atom. The Morgan fingerprint density at radius 1 is 0.978 bits per heavy atom. The number of nitrogens with zero attached hydrogens (tertiary/aromatic N) is 3. The van der Waals surface area contributed by atoms with Crippen molar-refractivity contribution in [3.8, 4) is 11.4 Å². The Hall–Kier alpha value is -4.63. The van der Waals surface area contributed by atoms with Crippen molar-refractivity contribution in [3.63, 3.8) is 0 Å². The number of hydrogen-bond donors (Lipinski definition) is 2. The molecule has 2 aromatic carbocycles. The number of carboxylic acid groups (broad SMARTS) is 1. The highest BCUT2D eigenvalue weighted by Gasteiger charge is 2.38. The van der Waals surface area contributed by atoms with E-state index >= 15 is 0 Å². The summed E-state index contributed by atoms with van der Waals surface area (Å²) in [5.41, 5.74) is 4.73. The van der Waals surface area contributed by atoms with Crippen LogP contribution < -0.4 is 5.32 Å². The van der Waals surface area contributed by atoms with Crippen LogP contribution in [0.4, 0.5) is 0 Å². The van der Waals surface area contributed by atoms with Gasteiger partial charge in [-0.1, -0.05) is 87.0 Å². The van der Waals surface area contributed by atoms with E-state index < -0.39 is 18.1 Å². The average Bonchev–Trinajstić information content (AvgIpc) is 3.72. The van der Waals surface area contributed by atoms with Crippen LogP contribution in [0.1, 0.15) is 70.4 Å². The maximum atomic E-state index is 13.7. The number of thiophene rings is 1. The van der Waals surface area contributed by atoms with E-state index in [1.807, 2.05) is 42.5 Å². The molecule has 2 atom stereocenters. The number of aromatic nitrogens is 2. The van der Waals surface area contributed by atoms with Gasteiger partial charge in [-0.15, -0.1) is 11.3 Å². The second-order valence-electron chi connectivity index (χ2n) is 12.5. The van der Waals surface area contributed by atoms with Crippen molar-refractivity contribution >= 4 is 41.3 Å². The maximum Gasteiger partial charge on any atom is 0.326 e. The summed E-state index contributed by atoms with van der Waals surface area (Å²) in [6.45, 7) is 8.65. The summed E-state index contributed by atoms with van der Waals surface area (Å²) in [6.07, 6.45) is 8.76. The Bertz CT molecular complexity index is 1690. The number of carbonyl (C=O) groups excluding carboxylic acids is 2. The zero-order chi connectivity index (χ0) is 32.1. The first kappa shape index (κ1) is 31.8. The van der Waals surface area contributed by atoms with Gasteiger partial charge in [0, 0.05) is 41.4 Å². The molecule has 1 fully saturated rings. The van der Waals surface area contributed by atoms with Crippen LogP contribution in [0.15, 0.2) is 73.1 Å². The van der Waals surface area contributed by atoms with Crippen LogP contribution in [0.2, 0.25) is 0 Å². The number of likely N-dealkylation sites (tertiary alicyclic amines) is 1. The lowest BCUT2D eigenvalue weighted by Crippen LogP contribution is -2.52. The lowest BCUT2D eigenvalue weighted by Gasteiger charge is -2.27. The van der Waals surface area contributed by atoms with Crippen molar-refractivity contribution in [1.29, 1.82) is 0 Å². The van der Waals surface area contributed by atoms with E-state index in [0.29, 0.717) is 30.1 Å². The molecule has 0 radical (unpaired) electrons. The van der Waals surface area contributed by atoms with Gasteiger partial charge in [0.05, 0.1) is 4.88 Å². The number of nitrogens with one attached hydrogen (secondary N) is 1. The van der Waals surface area contributed by atoms with Gasteiger partial charge >= 0.3 is 5.97 Å². The summed E-state index contributed by atoms with van der Waals surface area (Å²) in [5.74, 6) is -1.19. The normalized spacial score (nSPS) is 15.7. The number of aryl methyl sites for hydroxylation is 1. The third kappa shape index (κ3) is 7.91. The van der Waals surface area contributed by atoms with Crippen LogP contribution in [0.5, 0.6) is 0 Å². The van der Waals surface area contributed by atoms with Gasteiger partial charge in [-0.3, -0.25) is 9.59 Å². The number of aliphatic carboxylic acids is 1. The molecule has 8 nitrogen and oxygen atoms in total. The molecule has 3 heterocycles. The van der Waals surface area contributed by atoms with E-state index in [9.17, 15) is 19.5 Å². The van der Waals surface area contributed by atoms with Gasteiger partial charge in [0.2, 0.25) is 5.91 Å². The summed E-state index contributed by atoms with van der Waals surface area (Å²) < 4.78 is 0. The molecule has 4 aromatic rings. The molecule has 2 amide bonds. The van der Waals surface area contributed by atoms with E-state index in [1.165, 1.54) is 21.8 Å². The Morgan fingerprint density at radius 2 is 1.64 bits per heavy atom. The van der Waals surface area contributed by atoms with Crippen molar-refractivity contribution in [3.05, 3.63) is 105 Å². The minimum atomic E-state index is -1.03. The monoisotopic (exact) mass is 622 g/mol. The highest BCUT2D eigenvalue weighted by Crippen LogP contribution is 2.30. The van der Waals surface area contributed by atoms with E-state index in [1.54, 1.807) is 18.5 Å². The Labute approximate surface area is 267 Å². The van der Waals surface area contributed by atoms with Gasteiger partial charge in [-0.25, -0.2) is 14.8 Å². The van der Waals surface area contributed by atoms with Gasteiger partial charge in [0.1, 0.15) is 12.1 Å². The molecule has 1 aliphatic heterocycles. The van der Waals surface area contributed by atoms with E-state index in [0.717, 1.165) is 27.1 Å². The quantitative estimate of drug-likeness (QED) is 0.224. The average molecular weight is 623 g/mol. The fourth-order valence-electron chi connectivity index (χ4n) is 5.25. The Kier molecular flexibility index (Phi) is 9.58. The summed E-state index contributed by atoms with van der Waals surface area (Å²) in [5, 5.41) is 12.6. The molecule has 232 valence electrons. The fourth-order valence-corrected chi connectivity index (χ4v) is 6.22. The number of rotatable bonds is 9. The molecule has 9 heteroatoms. The van der Waals surface area contributed by atoms with Crippen molar-refractivity contribution in [1.82, 2.24) is 20.2 Å². The van der Waals surface area contributed by atoms with Crippen molar-refractivity contribution in [2.24, 2.45) is 0 Å². The van der Waals surface area contributed by atoms with Crippen LogP contribution >= 0.6 is 11.3 Å². The van der Waals surface area contributed by atoms with Crippen LogP contribution in [-0.4, -0.2) is 56.4 Å². The lowest BCUT2D eigenvalue weighted by molar-refractivity contribution is -0.148. The number of hydrogen-bond acceptors (Lipinski definition) is 6. The largest absolute Gasteiger partial charge is 0.480 e. The molecule has 0 bridgehead atoms. The first-order valence-corrected chi connectivity index (χ1v) is 15.9. The first-order chi connectivity index (χ1) is 21.5. The number of amides is 2. The molecule has 2 aromatic heterocycles. The molecule has 45 heavy (non-hydrogen) atoms. The molecule has 0 spiro atoms. The summed E-state index contributed by atoms with van der Waals surface area (Å²) in [4.78, 5) is 50.9. The van der Waals surface area contributed by atoms with E-state index in [2.05, 4.69) is 67.2 Å². The smallest absolute Gasteiger partial charge is 0.326 e. The molecule has 5 rings (SSSR count). The zero-order valence-corrected chi connectivity index (χ0v) is 26.8. The van der Waals surface area contributed by atoms with Crippen molar-refractivity contribution in [2.45, 2.75) is 64.5 Å². The van der Waals surface area contributed by atoms with Crippen LogP contribution in [0.25, 0.3) is 23.5 Å². The second-order valence-corrected chi connectivity index (χ2v) is 13.5. The van der Waals surface area contributed by atoms with Gasteiger partial charge in [0.25, 0.3) is 5.91 Å². The Balaban J connectivity index is 1.31. The van der Waals surface area contributed by atoms with Crippen molar-refractivity contribution < 1.29 is 19.5 Å². The van der Waals surface area contributed by atoms with E-state index in [-0.39, 0.29) is 23.7 Å². The molecule has 1 saturated heterocycles. The van der Waals surface area contributed by atoms with Gasteiger partial charge in [0.15, 0.2) is 5.82 Å². The molecule has 1 aliphatic rings. The molecular formula is C36H38N4O4S. The second kappa shape index (κ2) is 13.6. The van der Waals surface area contributed by atoms with Crippen molar-refractivity contribution in [2.75, 3.05) is 6.54 Å².